The summed E-state index contributed by atoms with van der Waals surface area (Å²) in [6, 6.07) is 7.60. The van der Waals surface area contributed by atoms with E-state index in [2.05, 4.69) is 10.1 Å². The lowest BCUT2D eigenvalue weighted by Crippen LogP contribution is -2.18. The van der Waals surface area contributed by atoms with Crippen LogP contribution in [0.25, 0.3) is 0 Å². The summed E-state index contributed by atoms with van der Waals surface area (Å²) in [5.74, 6) is -0.272. The number of hydrogen-bond donors (Lipinski definition) is 0. The molecule has 2 rings (SSSR count). The Labute approximate surface area is 111 Å². The molecule has 0 aliphatic rings. The summed E-state index contributed by atoms with van der Waals surface area (Å²) in [7, 11) is 0. The third kappa shape index (κ3) is 2.81. The topological polar surface area (TPSA) is 65.2 Å². The summed E-state index contributed by atoms with van der Waals surface area (Å²) in [4.78, 5) is 16.3. The maximum Gasteiger partial charge on any atom is 0.323 e. The molecule has 0 spiro atoms. The highest BCUT2D eigenvalue weighted by molar-refractivity contribution is 5.81. The van der Waals surface area contributed by atoms with Crippen LogP contribution in [0.3, 0.4) is 0 Å². The van der Waals surface area contributed by atoms with Crippen LogP contribution in [0.2, 0.25) is 0 Å². The van der Waals surface area contributed by atoms with Crippen LogP contribution in [0.5, 0.6) is 0 Å². The highest BCUT2D eigenvalue weighted by Gasteiger charge is 2.30. The molecule has 5 heteroatoms. The minimum Gasteiger partial charge on any atom is -0.465 e. The van der Waals surface area contributed by atoms with Gasteiger partial charge in [-0.25, -0.2) is 0 Å². The highest BCUT2D eigenvalue weighted by Crippen LogP contribution is 2.27. The van der Waals surface area contributed by atoms with Crippen LogP contribution in [0.15, 0.2) is 28.8 Å². The van der Waals surface area contributed by atoms with Gasteiger partial charge in [0.25, 0.3) is 0 Å². The van der Waals surface area contributed by atoms with Crippen molar-refractivity contribution in [1.29, 1.82) is 0 Å². The molecule has 5 nitrogen and oxygen atoms in total. The molecule has 0 saturated carbocycles. The van der Waals surface area contributed by atoms with Crippen molar-refractivity contribution < 1.29 is 14.1 Å². The number of esters is 1. The Morgan fingerprint density at radius 2 is 2.11 bits per heavy atom. The van der Waals surface area contributed by atoms with Crippen molar-refractivity contribution in [2.45, 2.75) is 26.7 Å². The molecule has 1 heterocycles. The van der Waals surface area contributed by atoms with Crippen LogP contribution >= 0.6 is 0 Å². The number of carbonyl (C=O) groups excluding carboxylic acids is 1. The summed E-state index contributed by atoms with van der Waals surface area (Å²) < 4.78 is 10.3. The molecular weight excluding hydrogens is 244 g/mol. The van der Waals surface area contributed by atoms with Gasteiger partial charge in [-0.1, -0.05) is 29.4 Å². The molecule has 1 aromatic carbocycles. The van der Waals surface area contributed by atoms with Crippen molar-refractivity contribution in [2.24, 2.45) is 0 Å². The second-order valence-electron chi connectivity index (χ2n) is 4.22. The van der Waals surface area contributed by atoms with E-state index in [1.807, 2.05) is 31.2 Å². The number of aromatic nitrogens is 2. The lowest BCUT2D eigenvalue weighted by atomic mass is 9.95. The summed E-state index contributed by atoms with van der Waals surface area (Å²) in [5.41, 5.74) is 1.81. The largest absolute Gasteiger partial charge is 0.465 e. The van der Waals surface area contributed by atoms with Gasteiger partial charge in [0, 0.05) is 0 Å². The third-order valence-corrected chi connectivity index (χ3v) is 2.81. The van der Waals surface area contributed by atoms with Gasteiger partial charge in [0.15, 0.2) is 11.7 Å². The molecule has 100 valence electrons. The van der Waals surface area contributed by atoms with Gasteiger partial charge in [-0.2, -0.15) is 4.98 Å². The smallest absolute Gasteiger partial charge is 0.323 e. The lowest BCUT2D eigenvalue weighted by Gasteiger charge is -2.14. The van der Waals surface area contributed by atoms with Gasteiger partial charge in [-0.3, -0.25) is 4.79 Å². The molecule has 1 atom stereocenters. The Hall–Kier alpha value is -2.17. The number of ether oxygens (including phenoxy) is 1. The number of aryl methyl sites for hydroxylation is 2. The van der Waals surface area contributed by atoms with Gasteiger partial charge in [0.05, 0.1) is 6.61 Å². The summed E-state index contributed by atoms with van der Waals surface area (Å²) in [6.45, 7) is 5.73. The molecular formula is C14H16N2O3. The number of benzene rings is 1. The van der Waals surface area contributed by atoms with Crippen LogP contribution < -0.4 is 0 Å². The fourth-order valence-electron chi connectivity index (χ4n) is 1.93. The van der Waals surface area contributed by atoms with Crippen molar-refractivity contribution in [3.05, 3.63) is 47.1 Å². The first-order chi connectivity index (χ1) is 9.13. The molecule has 0 N–H and O–H groups in total. The van der Waals surface area contributed by atoms with Crippen LogP contribution in [-0.2, 0) is 9.53 Å². The van der Waals surface area contributed by atoms with E-state index < -0.39 is 5.92 Å². The normalized spacial score (nSPS) is 12.2. The monoisotopic (exact) mass is 260 g/mol. The Morgan fingerprint density at radius 3 is 2.68 bits per heavy atom. The minimum atomic E-state index is -0.664. The van der Waals surface area contributed by atoms with Gasteiger partial charge < -0.3 is 9.26 Å². The molecule has 0 amide bonds. The molecule has 0 fully saturated rings. The molecule has 0 radical (unpaired) electrons. The number of nitrogens with zero attached hydrogens (tertiary/aromatic N) is 2. The van der Waals surface area contributed by atoms with Crippen LogP contribution in [0, 0.1) is 13.8 Å². The van der Waals surface area contributed by atoms with Gasteiger partial charge in [0.2, 0.25) is 5.89 Å². The third-order valence-electron chi connectivity index (χ3n) is 2.81. The Bertz CT molecular complexity index is 578. The van der Waals surface area contributed by atoms with Crippen molar-refractivity contribution >= 4 is 5.97 Å². The van der Waals surface area contributed by atoms with E-state index in [0.717, 1.165) is 11.1 Å². The first kappa shape index (κ1) is 13.3. The molecule has 0 saturated heterocycles. The van der Waals surface area contributed by atoms with Crippen molar-refractivity contribution in [3.8, 4) is 0 Å². The molecule has 0 aliphatic carbocycles. The zero-order valence-electron chi connectivity index (χ0n) is 11.2. The molecule has 19 heavy (non-hydrogen) atoms. The predicted octanol–water partition coefficient (Wildman–Crippen LogP) is 2.38. The van der Waals surface area contributed by atoms with E-state index in [0.29, 0.717) is 12.4 Å². The van der Waals surface area contributed by atoms with E-state index in [9.17, 15) is 4.79 Å². The van der Waals surface area contributed by atoms with Crippen molar-refractivity contribution in [1.82, 2.24) is 10.1 Å². The van der Waals surface area contributed by atoms with E-state index in [4.69, 9.17) is 9.26 Å². The van der Waals surface area contributed by atoms with E-state index in [1.54, 1.807) is 13.8 Å². The molecule has 0 bridgehead atoms. The van der Waals surface area contributed by atoms with E-state index in [1.165, 1.54) is 0 Å². The van der Waals surface area contributed by atoms with Gasteiger partial charge in [-0.05, 0) is 31.9 Å². The first-order valence-corrected chi connectivity index (χ1v) is 6.15. The highest BCUT2D eigenvalue weighted by atomic mass is 16.5. The molecule has 1 unspecified atom stereocenters. The fourth-order valence-corrected chi connectivity index (χ4v) is 1.93. The number of hydrogen-bond acceptors (Lipinski definition) is 5. The average Bonchev–Trinajstić information content (AvgIpc) is 2.79. The standard InChI is InChI=1S/C14H16N2O3/c1-4-18-14(17)12(13-15-10(3)16-19-13)11-8-6-5-7-9(11)2/h5-8,12H,4H2,1-3H3. The summed E-state index contributed by atoms with van der Waals surface area (Å²) in [5, 5.41) is 3.74. The van der Waals surface area contributed by atoms with Crippen LogP contribution in [0.4, 0.5) is 0 Å². The van der Waals surface area contributed by atoms with Gasteiger partial charge >= 0.3 is 5.97 Å². The van der Waals surface area contributed by atoms with Crippen molar-refractivity contribution in [3.63, 3.8) is 0 Å². The SMILES string of the molecule is CCOC(=O)C(c1nc(C)no1)c1ccccc1C. The second-order valence-corrected chi connectivity index (χ2v) is 4.22. The number of carbonyl (C=O) groups is 1. The van der Waals surface area contributed by atoms with Gasteiger partial charge in [0.1, 0.15) is 0 Å². The van der Waals surface area contributed by atoms with Gasteiger partial charge in [-0.15, -0.1) is 0 Å². The minimum absolute atomic E-state index is 0.269. The Balaban J connectivity index is 2.46. The quantitative estimate of drug-likeness (QED) is 0.790. The average molecular weight is 260 g/mol. The zero-order valence-corrected chi connectivity index (χ0v) is 11.2. The molecule has 1 aromatic heterocycles. The summed E-state index contributed by atoms with van der Waals surface area (Å²) in [6.07, 6.45) is 0. The molecule has 2 aromatic rings. The summed E-state index contributed by atoms with van der Waals surface area (Å²) >= 11 is 0. The Kier molecular flexibility index (Phi) is 3.94. The maximum absolute atomic E-state index is 12.2. The first-order valence-electron chi connectivity index (χ1n) is 6.15. The Morgan fingerprint density at radius 1 is 1.37 bits per heavy atom. The van der Waals surface area contributed by atoms with E-state index in [-0.39, 0.29) is 11.9 Å². The zero-order chi connectivity index (χ0) is 13.8. The number of rotatable bonds is 4. The van der Waals surface area contributed by atoms with E-state index >= 15 is 0 Å². The van der Waals surface area contributed by atoms with Crippen molar-refractivity contribution in [2.75, 3.05) is 6.61 Å². The second kappa shape index (κ2) is 5.65. The lowest BCUT2D eigenvalue weighted by molar-refractivity contribution is -0.144. The fraction of sp³-hybridized carbons (Fsp3) is 0.357. The molecule has 0 aliphatic heterocycles. The van der Waals surface area contributed by atoms with Crippen LogP contribution in [-0.4, -0.2) is 22.7 Å². The maximum atomic E-state index is 12.2. The predicted molar refractivity (Wildman–Crippen MR) is 68.7 cm³/mol. The van der Waals surface area contributed by atoms with Crippen LogP contribution in [0.1, 0.15) is 35.7 Å².